The third-order valence-corrected chi connectivity index (χ3v) is 4.55. The lowest BCUT2D eigenvalue weighted by Crippen LogP contribution is -2.50. The molecule has 1 aliphatic heterocycles. The second-order valence-corrected chi connectivity index (χ2v) is 6.43. The van der Waals surface area contributed by atoms with Crippen LogP contribution in [0.2, 0.25) is 0 Å². The summed E-state index contributed by atoms with van der Waals surface area (Å²) in [6.07, 6.45) is 6.30. The molecule has 0 unspecified atom stereocenters. The van der Waals surface area contributed by atoms with Crippen LogP contribution in [0.25, 0.3) is 0 Å². The van der Waals surface area contributed by atoms with Crippen LogP contribution in [0.1, 0.15) is 41.8 Å². The predicted octanol–water partition coefficient (Wildman–Crippen LogP) is 3.02. The normalized spacial score (nSPS) is 16.1. The van der Waals surface area contributed by atoms with Gasteiger partial charge in [0, 0.05) is 19.5 Å². The first kappa shape index (κ1) is 17.3. The summed E-state index contributed by atoms with van der Waals surface area (Å²) in [7, 11) is 0. The Morgan fingerprint density at radius 2 is 1.72 bits per heavy atom. The number of nitrogens with one attached hydrogen (secondary N) is 1. The van der Waals surface area contributed by atoms with Crippen LogP contribution in [0, 0.1) is 0 Å². The standard InChI is InChI=1S/C20H24N2O3/c23-19(18-11-8-14-25-18)21-17(15-16-9-4-3-5-10-16)20(24)22-12-6-1-2-7-13-22/h3-5,8-11,14,17H,1-2,6-7,12-13,15H2,(H,21,23)/t17-/m0/s1. The van der Waals surface area contributed by atoms with Gasteiger partial charge in [0.25, 0.3) is 5.91 Å². The van der Waals surface area contributed by atoms with Crippen molar-refractivity contribution in [2.75, 3.05) is 13.1 Å². The Labute approximate surface area is 148 Å². The Kier molecular flexibility index (Phi) is 5.88. The number of furan rings is 1. The van der Waals surface area contributed by atoms with Crippen LogP contribution in [-0.2, 0) is 11.2 Å². The molecule has 0 saturated carbocycles. The summed E-state index contributed by atoms with van der Waals surface area (Å²) in [5.41, 5.74) is 1.02. The van der Waals surface area contributed by atoms with Gasteiger partial charge in [-0.15, -0.1) is 0 Å². The molecule has 2 amide bonds. The van der Waals surface area contributed by atoms with Crippen LogP contribution in [0.15, 0.2) is 53.1 Å². The molecule has 2 aromatic rings. The number of nitrogens with zero attached hydrogens (tertiary/aromatic N) is 1. The van der Waals surface area contributed by atoms with E-state index in [9.17, 15) is 9.59 Å². The first-order chi connectivity index (χ1) is 12.2. The second-order valence-electron chi connectivity index (χ2n) is 6.43. The van der Waals surface area contributed by atoms with E-state index < -0.39 is 6.04 Å². The number of benzene rings is 1. The molecule has 1 fully saturated rings. The predicted molar refractivity (Wildman–Crippen MR) is 95.2 cm³/mol. The van der Waals surface area contributed by atoms with Gasteiger partial charge in [-0.1, -0.05) is 43.2 Å². The van der Waals surface area contributed by atoms with Gasteiger partial charge in [-0.25, -0.2) is 0 Å². The summed E-state index contributed by atoms with van der Waals surface area (Å²) < 4.78 is 5.15. The Balaban J connectivity index is 1.75. The molecular weight excluding hydrogens is 316 g/mol. The molecule has 0 radical (unpaired) electrons. The fraction of sp³-hybridized carbons (Fsp3) is 0.400. The van der Waals surface area contributed by atoms with Crippen molar-refractivity contribution in [3.05, 3.63) is 60.1 Å². The van der Waals surface area contributed by atoms with Crippen molar-refractivity contribution < 1.29 is 14.0 Å². The van der Waals surface area contributed by atoms with Crippen LogP contribution in [0.3, 0.4) is 0 Å². The van der Waals surface area contributed by atoms with E-state index >= 15 is 0 Å². The minimum absolute atomic E-state index is 0.00865. The van der Waals surface area contributed by atoms with Gasteiger partial charge in [0.2, 0.25) is 5.91 Å². The lowest BCUT2D eigenvalue weighted by molar-refractivity contribution is -0.133. The molecule has 0 aliphatic carbocycles. The summed E-state index contributed by atoms with van der Waals surface area (Å²) in [5, 5.41) is 2.86. The fourth-order valence-electron chi connectivity index (χ4n) is 3.20. The largest absolute Gasteiger partial charge is 0.459 e. The number of carbonyl (C=O) groups excluding carboxylic acids is 2. The molecule has 1 aromatic heterocycles. The molecule has 5 nitrogen and oxygen atoms in total. The Morgan fingerprint density at radius 3 is 2.36 bits per heavy atom. The van der Waals surface area contributed by atoms with Gasteiger partial charge < -0.3 is 14.6 Å². The van der Waals surface area contributed by atoms with Crippen molar-refractivity contribution in [2.45, 2.75) is 38.1 Å². The number of likely N-dealkylation sites (tertiary alicyclic amines) is 1. The van der Waals surface area contributed by atoms with Gasteiger partial charge >= 0.3 is 0 Å². The van der Waals surface area contributed by atoms with Crippen LogP contribution < -0.4 is 5.32 Å². The summed E-state index contributed by atoms with van der Waals surface area (Å²) in [6.45, 7) is 1.53. The zero-order valence-corrected chi connectivity index (χ0v) is 14.3. The highest BCUT2D eigenvalue weighted by Crippen LogP contribution is 2.13. The molecule has 25 heavy (non-hydrogen) atoms. The maximum atomic E-state index is 13.0. The number of hydrogen-bond donors (Lipinski definition) is 1. The van der Waals surface area contributed by atoms with Crippen molar-refractivity contribution in [3.63, 3.8) is 0 Å². The SMILES string of the molecule is O=C(N[C@@H](Cc1ccccc1)C(=O)N1CCCCCC1)c1ccco1. The van der Waals surface area contributed by atoms with Gasteiger partial charge in [0.1, 0.15) is 6.04 Å². The van der Waals surface area contributed by atoms with E-state index in [0.717, 1.165) is 44.3 Å². The first-order valence-electron chi connectivity index (χ1n) is 8.91. The number of carbonyl (C=O) groups is 2. The molecule has 1 atom stereocenters. The molecule has 132 valence electrons. The van der Waals surface area contributed by atoms with Gasteiger partial charge in [0.15, 0.2) is 5.76 Å². The van der Waals surface area contributed by atoms with E-state index in [0.29, 0.717) is 6.42 Å². The van der Waals surface area contributed by atoms with Crippen LogP contribution in [0.4, 0.5) is 0 Å². The monoisotopic (exact) mass is 340 g/mol. The highest BCUT2D eigenvalue weighted by molar-refractivity contribution is 5.95. The number of rotatable bonds is 5. The topological polar surface area (TPSA) is 62.6 Å². The molecule has 1 saturated heterocycles. The van der Waals surface area contributed by atoms with Crippen molar-refractivity contribution in [1.82, 2.24) is 10.2 Å². The minimum atomic E-state index is -0.585. The minimum Gasteiger partial charge on any atom is -0.459 e. The Bertz CT molecular complexity index is 674. The smallest absolute Gasteiger partial charge is 0.287 e. The third kappa shape index (κ3) is 4.72. The maximum Gasteiger partial charge on any atom is 0.287 e. The number of amides is 2. The highest BCUT2D eigenvalue weighted by Gasteiger charge is 2.27. The third-order valence-electron chi connectivity index (χ3n) is 4.55. The fourth-order valence-corrected chi connectivity index (χ4v) is 3.20. The lowest BCUT2D eigenvalue weighted by atomic mass is 10.0. The van der Waals surface area contributed by atoms with E-state index in [4.69, 9.17) is 4.42 Å². The van der Waals surface area contributed by atoms with Crippen molar-refractivity contribution in [1.29, 1.82) is 0 Å². The summed E-state index contributed by atoms with van der Waals surface area (Å²) in [4.78, 5) is 27.3. The summed E-state index contributed by atoms with van der Waals surface area (Å²) >= 11 is 0. The molecule has 1 N–H and O–H groups in total. The van der Waals surface area contributed by atoms with Gasteiger partial charge in [-0.2, -0.15) is 0 Å². The van der Waals surface area contributed by atoms with Crippen LogP contribution in [-0.4, -0.2) is 35.8 Å². The van der Waals surface area contributed by atoms with Crippen molar-refractivity contribution in [2.24, 2.45) is 0 Å². The van der Waals surface area contributed by atoms with Gasteiger partial charge in [-0.3, -0.25) is 9.59 Å². The molecule has 0 bridgehead atoms. The molecule has 5 heteroatoms. The molecular formula is C20H24N2O3. The van der Waals surface area contributed by atoms with Gasteiger partial charge in [0.05, 0.1) is 6.26 Å². The zero-order valence-electron chi connectivity index (χ0n) is 14.3. The summed E-state index contributed by atoms with van der Waals surface area (Å²) in [6, 6.07) is 12.5. The lowest BCUT2D eigenvalue weighted by Gasteiger charge is -2.26. The quantitative estimate of drug-likeness (QED) is 0.910. The second kappa shape index (κ2) is 8.51. The Hall–Kier alpha value is -2.56. The highest BCUT2D eigenvalue weighted by atomic mass is 16.3. The van der Waals surface area contributed by atoms with E-state index in [1.165, 1.54) is 6.26 Å². The van der Waals surface area contributed by atoms with Crippen LogP contribution >= 0.6 is 0 Å². The number of hydrogen-bond acceptors (Lipinski definition) is 3. The molecule has 1 aliphatic rings. The first-order valence-corrected chi connectivity index (χ1v) is 8.91. The van der Waals surface area contributed by atoms with Crippen LogP contribution in [0.5, 0.6) is 0 Å². The molecule has 3 rings (SSSR count). The molecule has 1 aromatic carbocycles. The molecule has 2 heterocycles. The average molecular weight is 340 g/mol. The van der Waals surface area contributed by atoms with Crippen molar-refractivity contribution >= 4 is 11.8 Å². The molecule has 0 spiro atoms. The van der Waals surface area contributed by atoms with E-state index in [2.05, 4.69) is 5.32 Å². The van der Waals surface area contributed by atoms with Crippen molar-refractivity contribution in [3.8, 4) is 0 Å². The summed E-state index contributed by atoms with van der Waals surface area (Å²) in [5.74, 6) is -0.138. The van der Waals surface area contributed by atoms with E-state index in [-0.39, 0.29) is 17.6 Å². The average Bonchev–Trinajstić information content (AvgIpc) is 3.04. The Morgan fingerprint density at radius 1 is 1.00 bits per heavy atom. The van der Waals surface area contributed by atoms with E-state index in [1.54, 1.807) is 12.1 Å². The zero-order chi connectivity index (χ0) is 17.5. The van der Waals surface area contributed by atoms with Gasteiger partial charge in [-0.05, 0) is 30.5 Å². The maximum absolute atomic E-state index is 13.0. The van der Waals surface area contributed by atoms with E-state index in [1.807, 2.05) is 35.2 Å².